The van der Waals surface area contributed by atoms with Gasteiger partial charge in [-0.1, -0.05) is 0 Å². The Labute approximate surface area is 66.5 Å². The van der Waals surface area contributed by atoms with Crippen LogP contribution in [0.3, 0.4) is 0 Å². The van der Waals surface area contributed by atoms with Crippen LogP contribution in [0, 0.1) is 11.3 Å². The fourth-order valence-electron chi connectivity index (χ4n) is 1.23. The topological polar surface area (TPSA) is 57.1 Å². The van der Waals surface area contributed by atoms with Crippen LogP contribution in [0.15, 0.2) is 0 Å². The molecule has 0 saturated carbocycles. The Kier molecular flexibility index (Phi) is 3.30. The molecule has 0 aromatic carbocycles. The van der Waals surface area contributed by atoms with E-state index in [-0.39, 0.29) is 6.04 Å². The SMILES string of the molecule is CON[C@@H]1CC[C@@H](C#N)NC1. The first-order valence-electron chi connectivity index (χ1n) is 3.78. The van der Waals surface area contributed by atoms with Crippen LogP contribution in [0.5, 0.6) is 0 Å². The first-order valence-corrected chi connectivity index (χ1v) is 3.78. The maximum absolute atomic E-state index is 8.54. The Morgan fingerprint density at radius 3 is 2.91 bits per heavy atom. The molecule has 0 unspecified atom stereocenters. The van der Waals surface area contributed by atoms with Gasteiger partial charge in [-0.05, 0) is 12.8 Å². The molecule has 2 atom stereocenters. The van der Waals surface area contributed by atoms with Gasteiger partial charge in [0.25, 0.3) is 0 Å². The minimum atomic E-state index is 0.0323. The average Bonchev–Trinajstić information content (AvgIpc) is 2.07. The molecule has 0 aromatic heterocycles. The van der Waals surface area contributed by atoms with E-state index in [0.717, 1.165) is 19.4 Å². The molecule has 4 heteroatoms. The van der Waals surface area contributed by atoms with Crippen LogP contribution < -0.4 is 10.8 Å². The zero-order valence-electron chi connectivity index (χ0n) is 6.63. The fraction of sp³-hybridized carbons (Fsp3) is 0.857. The van der Waals surface area contributed by atoms with Gasteiger partial charge in [-0.2, -0.15) is 10.7 Å². The predicted molar refractivity (Wildman–Crippen MR) is 40.6 cm³/mol. The first-order chi connectivity index (χ1) is 5.36. The van der Waals surface area contributed by atoms with E-state index in [1.807, 2.05) is 0 Å². The van der Waals surface area contributed by atoms with E-state index in [1.165, 1.54) is 0 Å². The van der Waals surface area contributed by atoms with Gasteiger partial charge in [0.05, 0.1) is 19.2 Å². The van der Waals surface area contributed by atoms with Crippen molar-refractivity contribution in [1.82, 2.24) is 10.8 Å². The summed E-state index contributed by atoms with van der Waals surface area (Å²) in [5, 5.41) is 11.6. The standard InChI is InChI=1S/C7H13N3O/c1-11-10-7-3-2-6(4-8)9-5-7/h6-7,9-10H,2-3,5H2,1H3/t6-,7+/m0/s1. The normalized spacial score (nSPS) is 31.3. The second kappa shape index (κ2) is 4.29. The summed E-state index contributed by atoms with van der Waals surface area (Å²) in [4.78, 5) is 4.78. The highest BCUT2D eigenvalue weighted by Gasteiger charge is 2.19. The van der Waals surface area contributed by atoms with Gasteiger partial charge in [-0.25, -0.2) is 0 Å². The maximum atomic E-state index is 8.54. The minimum Gasteiger partial charge on any atom is -0.305 e. The summed E-state index contributed by atoms with van der Waals surface area (Å²) in [7, 11) is 1.61. The summed E-state index contributed by atoms with van der Waals surface area (Å²) >= 11 is 0. The summed E-state index contributed by atoms with van der Waals surface area (Å²) in [5.41, 5.74) is 2.86. The van der Waals surface area contributed by atoms with Crippen molar-refractivity contribution in [2.45, 2.75) is 24.9 Å². The maximum Gasteiger partial charge on any atom is 0.0954 e. The third-order valence-corrected chi connectivity index (χ3v) is 1.85. The van der Waals surface area contributed by atoms with Crippen LogP contribution >= 0.6 is 0 Å². The second-order valence-electron chi connectivity index (χ2n) is 2.69. The molecule has 0 amide bonds. The van der Waals surface area contributed by atoms with E-state index in [4.69, 9.17) is 10.1 Å². The van der Waals surface area contributed by atoms with Crippen LogP contribution in [-0.2, 0) is 4.84 Å². The molecule has 1 saturated heterocycles. The molecule has 62 valence electrons. The number of nitriles is 1. The molecule has 1 aliphatic rings. The minimum absolute atomic E-state index is 0.0323. The molecule has 0 bridgehead atoms. The molecular formula is C7H13N3O. The highest BCUT2D eigenvalue weighted by atomic mass is 16.6. The van der Waals surface area contributed by atoms with Crippen molar-refractivity contribution in [3.63, 3.8) is 0 Å². The molecule has 0 spiro atoms. The van der Waals surface area contributed by atoms with Crippen LogP contribution in [-0.4, -0.2) is 25.7 Å². The Hall–Kier alpha value is -0.630. The van der Waals surface area contributed by atoms with Crippen molar-refractivity contribution in [3.05, 3.63) is 0 Å². The lowest BCUT2D eigenvalue weighted by atomic mass is 10.0. The van der Waals surface area contributed by atoms with Crippen molar-refractivity contribution in [3.8, 4) is 6.07 Å². The summed E-state index contributed by atoms with van der Waals surface area (Å²) in [6, 6.07) is 2.57. The van der Waals surface area contributed by atoms with Crippen molar-refractivity contribution in [2.24, 2.45) is 0 Å². The van der Waals surface area contributed by atoms with Gasteiger partial charge < -0.3 is 10.2 Å². The van der Waals surface area contributed by atoms with E-state index < -0.39 is 0 Å². The second-order valence-corrected chi connectivity index (χ2v) is 2.69. The van der Waals surface area contributed by atoms with Crippen LogP contribution in [0.25, 0.3) is 0 Å². The lowest BCUT2D eigenvalue weighted by Crippen LogP contribution is -2.46. The van der Waals surface area contributed by atoms with Crippen molar-refractivity contribution < 1.29 is 4.84 Å². The van der Waals surface area contributed by atoms with E-state index in [9.17, 15) is 0 Å². The summed E-state index contributed by atoms with van der Waals surface area (Å²) < 4.78 is 0. The van der Waals surface area contributed by atoms with Gasteiger partial charge in [0, 0.05) is 12.6 Å². The van der Waals surface area contributed by atoms with Gasteiger partial charge in [0.1, 0.15) is 0 Å². The van der Waals surface area contributed by atoms with Crippen molar-refractivity contribution in [1.29, 1.82) is 5.26 Å². The fourth-order valence-corrected chi connectivity index (χ4v) is 1.23. The summed E-state index contributed by atoms with van der Waals surface area (Å²) in [6.45, 7) is 0.812. The molecule has 11 heavy (non-hydrogen) atoms. The highest BCUT2D eigenvalue weighted by Crippen LogP contribution is 2.06. The molecule has 4 nitrogen and oxygen atoms in total. The van der Waals surface area contributed by atoms with Gasteiger partial charge in [-0.15, -0.1) is 0 Å². The van der Waals surface area contributed by atoms with Gasteiger partial charge in [0.2, 0.25) is 0 Å². The van der Waals surface area contributed by atoms with E-state index in [2.05, 4.69) is 16.9 Å². The summed E-state index contributed by atoms with van der Waals surface area (Å²) in [6.07, 6.45) is 1.90. The zero-order valence-corrected chi connectivity index (χ0v) is 6.63. The molecule has 1 fully saturated rings. The van der Waals surface area contributed by atoms with E-state index in [0.29, 0.717) is 6.04 Å². The molecule has 1 rings (SSSR count). The summed E-state index contributed by atoms with van der Waals surface area (Å²) in [5.74, 6) is 0. The Morgan fingerprint density at radius 2 is 2.45 bits per heavy atom. The monoisotopic (exact) mass is 155 g/mol. The number of hydrogen-bond acceptors (Lipinski definition) is 4. The van der Waals surface area contributed by atoms with Crippen molar-refractivity contribution >= 4 is 0 Å². The lowest BCUT2D eigenvalue weighted by molar-refractivity contribution is 0.0511. The average molecular weight is 155 g/mol. The number of piperidine rings is 1. The molecular weight excluding hydrogens is 142 g/mol. The quantitative estimate of drug-likeness (QED) is 0.541. The Balaban J connectivity index is 2.20. The van der Waals surface area contributed by atoms with E-state index in [1.54, 1.807) is 7.11 Å². The van der Waals surface area contributed by atoms with Gasteiger partial charge >= 0.3 is 0 Å². The Morgan fingerprint density at radius 1 is 1.64 bits per heavy atom. The number of nitrogens with one attached hydrogen (secondary N) is 2. The molecule has 1 aliphatic heterocycles. The number of hydroxylamine groups is 1. The third kappa shape index (κ3) is 2.46. The van der Waals surface area contributed by atoms with Gasteiger partial charge in [-0.3, -0.25) is 0 Å². The highest BCUT2D eigenvalue weighted by molar-refractivity contribution is 4.94. The lowest BCUT2D eigenvalue weighted by Gasteiger charge is -2.25. The van der Waals surface area contributed by atoms with Gasteiger partial charge in [0.15, 0.2) is 0 Å². The van der Waals surface area contributed by atoms with Crippen LogP contribution in [0.2, 0.25) is 0 Å². The largest absolute Gasteiger partial charge is 0.305 e. The number of hydrogen-bond donors (Lipinski definition) is 2. The third-order valence-electron chi connectivity index (χ3n) is 1.85. The molecule has 0 aromatic rings. The number of nitrogens with zero attached hydrogens (tertiary/aromatic N) is 1. The van der Waals surface area contributed by atoms with Crippen molar-refractivity contribution in [2.75, 3.05) is 13.7 Å². The molecule has 0 aliphatic carbocycles. The molecule has 0 radical (unpaired) electrons. The smallest absolute Gasteiger partial charge is 0.0954 e. The van der Waals surface area contributed by atoms with Crippen LogP contribution in [0.4, 0.5) is 0 Å². The van der Waals surface area contributed by atoms with Crippen LogP contribution in [0.1, 0.15) is 12.8 Å². The molecule has 2 N–H and O–H groups in total. The molecule has 1 heterocycles. The Bertz CT molecular complexity index is 146. The van der Waals surface area contributed by atoms with E-state index >= 15 is 0 Å². The zero-order chi connectivity index (χ0) is 8.10. The predicted octanol–water partition coefficient (Wildman–Crippen LogP) is -0.218. The first kappa shape index (κ1) is 8.47. The number of rotatable bonds is 2.